The van der Waals surface area contributed by atoms with Gasteiger partial charge in [0.2, 0.25) is 0 Å². The first-order valence-electron chi connectivity index (χ1n) is 12.1. The summed E-state index contributed by atoms with van der Waals surface area (Å²) in [4.78, 5) is 47.3. The lowest BCUT2D eigenvalue weighted by Crippen LogP contribution is -2.40. The van der Waals surface area contributed by atoms with E-state index in [1.165, 1.54) is 4.68 Å². The molecule has 1 saturated carbocycles. The molecular weight excluding hydrogens is 480 g/mol. The Morgan fingerprint density at radius 2 is 1.94 bits per heavy atom. The maximum Gasteiger partial charge on any atom is 0.277 e. The minimum absolute atomic E-state index is 0.0500. The molecule has 3 amide bonds. The van der Waals surface area contributed by atoms with Crippen molar-refractivity contribution in [3.05, 3.63) is 69.6 Å². The van der Waals surface area contributed by atoms with Crippen molar-refractivity contribution in [2.75, 3.05) is 31.6 Å². The van der Waals surface area contributed by atoms with Crippen LogP contribution in [-0.2, 0) is 12.8 Å². The summed E-state index contributed by atoms with van der Waals surface area (Å²) in [5.74, 6) is 0.235. The van der Waals surface area contributed by atoms with Gasteiger partial charge in [-0.05, 0) is 61.4 Å². The van der Waals surface area contributed by atoms with Gasteiger partial charge in [0.1, 0.15) is 10.8 Å². The molecule has 1 N–H and O–H groups in total. The van der Waals surface area contributed by atoms with E-state index in [4.69, 9.17) is 11.6 Å². The van der Waals surface area contributed by atoms with E-state index < -0.39 is 0 Å². The summed E-state index contributed by atoms with van der Waals surface area (Å²) in [5.41, 5.74) is 3.36. The second kappa shape index (κ2) is 8.74. The Kier molecular flexibility index (Phi) is 5.52. The number of halogens is 1. The summed E-state index contributed by atoms with van der Waals surface area (Å²) in [5, 5.41) is 7.77. The standard InChI is InChI=1S/C26H25ClN6O3/c1-31-11-9-16-7-8-17(13-19(16)25(31)35)32-12-10-18-22(24(34)28-14-15-5-6-15)30-33(23(18)26(32)36)21-4-2-3-20(27)29-21/h2-4,7-8,13,15H,5-6,9-12,14H2,1H3,(H,28,34). The third-order valence-corrected chi connectivity index (χ3v) is 7.31. The molecular formula is C26H25ClN6O3. The van der Waals surface area contributed by atoms with E-state index in [-0.39, 0.29) is 34.3 Å². The van der Waals surface area contributed by atoms with Crippen LogP contribution in [0.3, 0.4) is 0 Å². The van der Waals surface area contributed by atoms with Gasteiger partial charge in [-0.2, -0.15) is 5.10 Å². The Bertz CT molecular complexity index is 1410. The lowest BCUT2D eigenvalue weighted by atomic mass is 9.97. The van der Waals surface area contributed by atoms with Crippen LogP contribution in [0.25, 0.3) is 5.82 Å². The molecule has 1 aliphatic carbocycles. The quantitative estimate of drug-likeness (QED) is 0.538. The number of carbonyl (C=O) groups excluding carboxylic acids is 3. The normalized spacial score (nSPS) is 17.2. The molecule has 3 aromatic rings. The summed E-state index contributed by atoms with van der Waals surface area (Å²) in [6.07, 6.45) is 3.46. The summed E-state index contributed by atoms with van der Waals surface area (Å²) in [6, 6.07) is 10.6. The molecule has 2 aromatic heterocycles. The van der Waals surface area contributed by atoms with Gasteiger partial charge in [0.15, 0.2) is 11.5 Å². The van der Waals surface area contributed by atoms with Gasteiger partial charge in [0.25, 0.3) is 17.7 Å². The van der Waals surface area contributed by atoms with E-state index in [0.29, 0.717) is 54.6 Å². The molecule has 1 aromatic carbocycles. The van der Waals surface area contributed by atoms with Crippen molar-refractivity contribution in [1.82, 2.24) is 25.0 Å². The van der Waals surface area contributed by atoms with Gasteiger partial charge in [-0.3, -0.25) is 14.4 Å². The number of aromatic nitrogens is 3. The largest absolute Gasteiger partial charge is 0.350 e. The van der Waals surface area contributed by atoms with Gasteiger partial charge >= 0.3 is 0 Å². The van der Waals surface area contributed by atoms with Crippen LogP contribution in [0, 0.1) is 5.92 Å². The highest BCUT2D eigenvalue weighted by molar-refractivity contribution is 6.29. The first-order chi connectivity index (χ1) is 17.4. The number of pyridine rings is 1. The van der Waals surface area contributed by atoms with E-state index >= 15 is 0 Å². The molecule has 10 heteroatoms. The molecule has 1 fully saturated rings. The smallest absolute Gasteiger partial charge is 0.277 e. The number of likely N-dealkylation sites (N-methyl/N-ethyl adjacent to an activating group) is 1. The van der Waals surface area contributed by atoms with E-state index in [9.17, 15) is 14.4 Å². The lowest BCUT2D eigenvalue weighted by molar-refractivity contribution is 0.0780. The van der Waals surface area contributed by atoms with Gasteiger partial charge < -0.3 is 15.1 Å². The predicted octanol–water partition coefficient (Wildman–Crippen LogP) is 2.89. The van der Waals surface area contributed by atoms with E-state index in [2.05, 4.69) is 15.4 Å². The predicted molar refractivity (Wildman–Crippen MR) is 134 cm³/mol. The Balaban J connectivity index is 1.40. The number of amides is 3. The maximum absolute atomic E-state index is 13.9. The fourth-order valence-corrected chi connectivity index (χ4v) is 5.02. The van der Waals surface area contributed by atoms with Crippen LogP contribution in [0.2, 0.25) is 5.15 Å². The average molecular weight is 505 g/mol. The fourth-order valence-electron chi connectivity index (χ4n) is 4.86. The zero-order chi connectivity index (χ0) is 25.0. The van der Waals surface area contributed by atoms with Crippen molar-refractivity contribution in [2.24, 2.45) is 5.92 Å². The first-order valence-corrected chi connectivity index (χ1v) is 12.5. The summed E-state index contributed by atoms with van der Waals surface area (Å²) < 4.78 is 1.42. The van der Waals surface area contributed by atoms with Gasteiger partial charge in [0.05, 0.1) is 0 Å². The minimum Gasteiger partial charge on any atom is -0.350 e. The average Bonchev–Trinajstić information content (AvgIpc) is 3.63. The number of hydrogen-bond acceptors (Lipinski definition) is 5. The SMILES string of the molecule is CN1CCc2ccc(N3CCc4c(C(=O)NCC5CC5)nn(-c5cccc(Cl)n5)c4C3=O)cc2C1=O. The molecule has 0 bridgehead atoms. The van der Waals surface area contributed by atoms with Crippen LogP contribution >= 0.6 is 11.6 Å². The number of hydrogen-bond donors (Lipinski definition) is 1. The number of benzene rings is 1. The van der Waals surface area contributed by atoms with Crippen LogP contribution in [0.4, 0.5) is 5.69 Å². The van der Waals surface area contributed by atoms with E-state index in [1.54, 1.807) is 41.1 Å². The van der Waals surface area contributed by atoms with Gasteiger partial charge in [-0.1, -0.05) is 23.7 Å². The van der Waals surface area contributed by atoms with E-state index in [1.807, 2.05) is 12.1 Å². The van der Waals surface area contributed by atoms with Crippen molar-refractivity contribution in [3.63, 3.8) is 0 Å². The van der Waals surface area contributed by atoms with Crippen molar-refractivity contribution >= 4 is 35.0 Å². The Hall–Kier alpha value is -3.72. The van der Waals surface area contributed by atoms with E-state index in [0.717, 1.165) is 24.8 Å². The molecule has 2 aliphatic heterocycles. The van der Waals surface area contributed by atoms with Crippen LogP contribution in [-0.4, -0.2) is 64.1 Å². The molecule has 0 saturated heterocycles. The van der Waals surface area contributed by atoms with Crippen molar-refractivity contribution in [2.45, 2.75) is 25.7 Å². The molecule has 4 heterocycles. The molecule has 9 nitrogen and oxygen atoms in total. The third kappa shape index (κ3) is 3.93. The Morgan fingerprint density at radius 3 is 2.72 bits per heavy atom. The number of rotatable bonds is 5. The van der Waals surface area contributed by atoms with Crippen molar-refractivity contribution in [3.8, 4) is 5.82 Å². The third-order valence-electron chi connectivity index (χ3n) is 7.10. The highest BCUT2D eigenvalue weighted by Gasteiger charge is 2.36. The van der Waals surface area contributed by atoms with Gasteiger partial charge in [-0.15, -0.1) is 0 Å². The zero-order valence-electron chi connectivity index (χ0n) is 19.8. The van der Waals surface area contributed by atoms with Gasteiger partial charge in [0, 0.05) is 43.5 Å². The Morgan fingerprint density at radius 1 is 1.11 bits per heavy atom. The van der Waals surface area contributed by atoms with Gasteiger partial charge in [-0.25, -0.2) is 9.67 Å². The highest BCUT2D eigenvalue weighted by Crippen LogP contribution is 2.32. The number of carbonyl (C=O) groups is 3. The number of fused-ring (bicyclic) bond motifs is 2. The molecule has 36 heavy (non-hydrogen) atoms. The monoisotopic (exact) mass is 504 g/mol. The summed E-state index contributed by atoms with van der Waals surface area (Å²) >= 11 is 6.13. The zero-order valence-corrected chi connectivity index (χ0v) is 20.6. The molecule has 0 atom stereocenters. The summed E-state index contributed by atoms with van der Waals surface area (Å²) in [7, 11) is 1.78. The molecule has 184 valence electrons. The molecule has 6 rings (SSSR count). The topological polar surface area (TPSA) is 100 Å². The number of anilines is 1. The Labute approximate surface area is 213 Å². The molecule has 0 spiro atoms. The van der Waals surface area contributed by atoms with Crippen molar-refractivity contribution in [1.29, 1.82) is 0 Å². The lowest BCUT2D eigenvalue weighted by Gasteiger charge is -2.30. The summed E-state index contributed by atoms with van der Waals surface area (Å²) in [6.45, 7) is 1.65. The second-order valence-electron chi connectivity index (χ2n) is 9.58. The second-order valence-corrected chi connectivity index (χ2v) is 9.97. The highest BCUT2D eigenvalue weighted by atomic mass is 35.5. The number of nitrogens with one attached hydrogen (secondary N) is 1. The van der Waals surface area contributed by atoms with Crippen LogP contribution in [0.1, 0.15) is 55.3 Å². The fraction of sp³-hybridized carbons (Fsp3) is 0.346. The van der Waals surface area contributed by atoms with Crippen LogP contribution in [0.5, 0.6) is 0 Å². The molecule has 0 unspecified atom stereocenters. The maximum atomic E-state index is 13.9. The first kappa shape index (κ1) is 22.7. The number of nitrogens with zero attached hydrogens (tertiary/aromatic N) is 5. The van der Waals surface area contributed by atoms with Crippen LogP contribution < -0.4 is 10.2 Å². The van der Waals surface area contributed by atoms with Crippen molar-refractivity contribution < 1.29 is 14.4 Å². The molecule has 3 aliphatic rings. The van der Waals surface area contributed by atoms with Crippen LogP contribution in [0.15, 0.2) is 36.4 Å². The minimum atomic E-state index is -0.302. The molecule has 0 radical (unpaired) electrons.